The van der Waals surface area contributed by atoms with Crippen molar-refractivity contribution in [3.05, 3.63) is 28.6 Å². The first-order chi connectivity index (χ1) is 7.71. The second-order valence-electron chi connectivity index (χ2n) is 5.39. The Balaban J connectivity index is 2.63. The van der Waals surface area contributed by atoms with Gasteiger partial charge >= 0.3 is 5.84 Å². The zero-order valence-electron chi connectivity index (χ0n) is 10.8. The quantitative estimate of drug-likeness (QED) is 0.540. The number of hydroxylamine groups is 3. The summed E-state index contributed by atoms with van der Waals surface area (Å²) in [6.45, 7) is 7.06. The van der Waals surface area contributed by atoms with Crippen LogP contribution in [-0.2, 0) is 7.05 Å². The minimum atomic E-state index is -0.796. The minimum Gasteiger partial charge on any atom is -0.714 e. The van der Waals surface area contributed by atoms with E-state index < -0.39 is 11.1 Å². The van der Waals surface area contributed by atoms with Gasteiger partial charge in [-0.25, -0.2) is 4.98 Å². The molecule has 0 saturated carbocycles. The van der Waals surface area contributed by atoms with E-state index in [-0.39, 0.29) is 5.84 Å². The monoisotopic (exact) mass is 237 g/mol. The summed E-state index contributed by atoms with van der Waals surface area (Å²) < 4.78 is 2.44. The van der Waals surface area contributed by atoms with Gasteiger partial charge in [0, 0.05) is 19.4 Å². The zero-order valence-corrected chi connectivity index (χ0v) is 10.8. The van der Waals surface area contributed by atoms with Gasteiger partial charge in [0.15, 0.2) is 0 Å². The zero-order chi connectivity index (χ0) is 13.0. The molecule has 0 amide bonds. The van der Waals surface area contributed by atoms with Crippen molar-refractivity contribution in [2.24, 2.45) is 7.05 Å². The van der Waals surface area contributed by atoms with Crippen LogP contribution in [0.4, 0.5) is 0 Å². The van der Waals surface area contributed by atoms with Crippen LogP contribution in [0.5, 0.6) is 0 Å². The molecular weight excluding hydrogens is 220 g/mol. The highest BCUT2D eigenvalue weighted by molar-refractivity contribution is 5.94. The Morgan fingerprint density at radius 2 is 1.88 bits per heavy atom. The van der Waals surface area contributed by atoms with Crippen LogP contribution in [0.15, 0.2) is 12.4 Å². The van der Waals surface area contributed by atoms with Gasteiger partial charge in [-0.3, -0.25) is 9.80 Å². The Labute approximate surface area is 100 Å². The first-order valence-corrected chi connectivity index (χ1v) is 5.50. The number of hydrogen-bond donors (Lipinski definition) is 0. The van der Waals surface area contributed by atoms with Crippen LogP contribution in [0.1, 0.15) is 33.5 Å². The van der Waals surface area contributed by atoms with Crippen LogP contribution in [-0.4, -0.2) is 36.3 Å². The van der Waals surface area contributed by atoms with Gasteiger partial charge in [-0.1, -0.05) is 0 Å². The summed E-state index contributed by atoms with van der Waals surface area (Å²) in [6, 6.07) is 0. The van der Waals surface area contributed by atoms with Crippen molar-refractivity contribution in [3.8, 4) is 0 Å². The van der Waals surface area contributed by atoms with Gasteiger partial charge in [-0.2, -0.15) is 0 Å². The fraction of sp³-hybridized carbons (Fsp3) is 0.636. The molecule has 6 heteroatoms. The van der Waals surface area contributed by atoms with E-state index in [1.165, 1.54) is 0 Å². The maximum absolute atomic E-state index is 12.3. The maximum atomic E-state index is 12.3. The van der Waals surface area contributed by atoms with Crippen LogP contribution in [0.3, 0.4) is 0 Å². The lowest BCUT2D eigenvalue weighted by molar-refractivity contribution is -0.539. The predicted octanol–water partition coefficient (Wildman–Crippen LogP) is 1.05. The fourth-order valence-corrected chi connectivity index (χ4v) is 1.87. The van der Waals surface area contributed by atoms with Gasteiger partial charge in [-0.15, -0.1) is 0 Å². The lowest BCUT2D eigenvalue weighted by atomic mass is 9.84. The van der Waals surface area contributed by atoms with Crippen molar-refractivity contribution in [1.29, 1.82) is 0 Å². The Kier molecular flexibility index (Phi) is 2.26. The molecule has 0 bridgehead atoms. The van der Waals surface area contributed by atoms with E-state index in [1.54, 1.807) is 51.7 Å². The summed E-state index contributed by atoms with van der Waals surface area (Å²) >= 11 is 0. The number of nitrogens with zero attached hydrogens (tertiary/aromatic N) is 4. The van der Waals surface area contributed by atoms with Crippen LogP contribution in [0, 0.1) is 10.4 Å². The third-order valence-corrected chi connectivity index (χ3v) is 3.92. The molecule has 94 valence electrons. The van der Waals surface area contributed by atoms with E-state index in [9.17, 15) is 10.4 Å². The summed E-state index contributed by atoms with van der Waals surface area (Å²) in [5.74, 6) is 0.473. The third-order valence-electron chi connectivity index (χ3n) is 3.92. The van der Waals surface area contributed by atoms with Crippen LogP contribution < -0.4 is 0 Å². The predicted molar refractivity (Wildman–Crippen MR) is 64.3 cm³/mol. The van der Waals surface area contributed by atoms with Crippen molar-refractivity contribution in [2.75, 3.05) is 0 Å². The lowest BCUT2D eigenvalue weighted by Crippen LogP contribution is -2.52. The van der Waals surface area contributed by atoms with Gasteiger partial charge in [0.1, 0.15) is 11.1 Å². The van der Waals surface area contributed by atoms with E-state index in [2.05, 4.69) is 4.98 Å². The summed E-state index contributed by atoms with van der Waals surface area (Å²) in [5, 5.41) is 25.3. The molecule has 0 fully saturated rings. The summed E-state index contributed by atoms with van der Waals surface area (Å²) in [6.07, 6.45) is 3.28. The number of amidine groups is 1. The second-order valence-corrected chi connectivity index (χ2v) is 5.39. The number of aromatic nitrogens is 2. The topological polar surface area (TPSA) is 70.2 Å². The average molecular weight is 237 g/mol. The summed E-state index contributed by atoms with van der Waals surface area (Å²) in [7, 11) is 1.76. The molecule has 0 atom stereocenters. The van der Waals surface area contributed by atoms with E-state index in [4.69, 9.17) is 0 Å². The van der Waals surface area contributed by atoms with E-state index >= 15 is 0 Å². The molecule has 0 saturated heterocycles. The van der Waals surface area contributed by atoms with Gasteiger partial charge in [-0.05, 0) is 27.7 Å². The van der Waals surface area contributed by atoms with Crippen molar-refractivity contribution >= 4 is 5.84 Å². The number of aryl methyl sites for hydroxylation is 1. The highest BCUT2D eigenvalue weighted by Gasteiger charge is 2.55. The number of imidazole rings is 1. The lowest BCUT2D eigenvalue weighted by Gasteiger charge is -2.38. The molecule has 17 heavy (non-hydrogen) atoms. The minimum absolute atomic E-state index is 0.0764. The van der Waals surface area contributed by atoms with Crippen LogP contribution >= 0.6 is 0 Å². The van der Waals surface area contributed by atoms with Crippen molar-refractivity contribution < 1.29 is 4.74 Å². The number of hydrogen-bond acceptors (Lipinski definition) is 4. The molecule has 0 radical (unpaired) electrons. The Bertz CT molecular complexity index is 487. The summed E-state index contributed by atoms with van der Waals surface area (Å²) in [4.78, 5) is 4.07. The van der Waals surface area contributed by atoms with Gasteiger partial charge in [0.25, 0.3) is 0 Å². The molecule has 1 aliphatic rings. The molecule has 2 rings (SSSR count). The molecule has 0 spiro atoms. The Hall–Kier alpha value is -1.56. The second kappa shape index (κ2) is 3.22. The highest BCUT2D eigenvalue weighted by Crippen LogP contribution is 2.37. The molecule has 0 unspecified atom stereocenters. The largest absolute Gasteiger partial charge is 0.714 e. The SMILES string of the molecule is Cn1ccnc1C1=[N+]([O-])C(C)(C)C(C)(C)N1[O-]. The maximum Gasteiger partial charge on any atom is 0.315 e. The average Bonchev–Trinajstić information content (AvgIpc) is 2.68. The standard InChI is InChI=1S/C11H17N4O2/c1-10(2)11(3,4)15(17)9(14(10)16)8-12-6-7-13(8)5/h6-7H,1-5H3/q-1. The van der Waals surface area contributed by atoms with E-state index in [0.29, 0.717) is 5.82 Å². The molecule has 0 aromatic carbocycles. The molecule has 1 aromatic rings. The van der Waals surface area contributed by atoms with E-state index in [0.717, 1.165) is 9.80 Å². The van der Waals surface area contributed by atoms with Crippen LogP contribution in [0.2, 0.25) is 0 Å². The van der Waals surface area contributed by atoms with Crippen molar-refractivity contribution in [2.45, 2.75) is 38.8 Å². The van der Waals surface area contributed by atoms with Crippen LogP contribution in [0.25, 0.3) is 0 Å². The molecule has 2 heterocycles. The molecular formula is C11H17N4O2-. The Morgan fingerprint density at radius 3 is 2.24 bits per heavy atom. The molecule has 0 aliphatic carbocycles. The molecule has 6 nitrogen and oxygen atoms in total. The fourth-order valence-electron chi connectivity index (χ4n) is 1.87. The van der Waals surface area contributed by atoms with Gasteiger partial charge in [0.2, 0.25) is 5.82 Å². The first kappa shape index (κ1) is 11.9. The van der Waals surface area contributed by atoms with Gasteiger partial charge in [0.05, 0.1) is 0 Å². The smallest absolute Gasteiger partial charge is 0.315 e. The normalized spacial score (nSPS) is 22.4. The van der Waals surface area contributed by atoms with Crippen molar-refractivity contribution in [1.82, 2.24) is 14.6 Å². The first-order valence-electron chi connectivity index (χ1n) is 5.50. The highest BCUT2D eigenvalue weighted by atomic mass is 16.5. The van der Waals surface area contributed by atoms with E-state index in [1.807, 2.05) is 0 Å². The molecule has 0 N–H and O–H groups in total. The third kappa shape index (κ3) is 1.30. The molecule has 1 aromatic heterocycles. The number of rotatable bonds is 1. The molecule has 1 aliphatic heterocycles. The van der Waals surface area contributed by atoms with Crippen molar-refractivity contribution in [3.63, 3.8) is 0 Å². The summed E-state index contributed by atoms with van der Waals surface area (Å²) in [5.41, 5.74) is -1.59. The Morgan fingerprint density at radius 1 is 1.29 bits per heavy atom. The van der Waals surface area contributed by atoms with Gasteiger partial charge < -0.3 is 15.0 Å².